The molecule has 0 saturated heterocycles. The van der Waals surface area contributed by atoms with Gasteiger partial charge in [-0.15, -0.1) is 0 Å². The molecule has 0 saturated carbocycles. The number of fused-ring (bicyclic) bond motifs is 2. The molecule has 2 aromatic carbocycles. The Bertz CT molecular complexity index is 1880. The summed E-state index contributed by atoms with van der Waals surface area (Å²) in [6.07, 6.45) is 5.14. The molecule has 0 amide bonds. The second kappa shape index (κ2) is 12.7. The quantitative estimate of drug-likeness (QED) is 0.149. The molecular weight excluding hydrogens is 914 g/mol. The SMILES string of the molecule is CCc1nc2ccccn2c1C(C(=O)C(c1cc(Br)c(O)c(I)c1)c1c(CC)nc2ccccn12)c1cc(Br)c(O)c(I)c1. The molecule has 224 valence electrons. The van der Waals surface area contributed by atoms with Crippen molar-refractivity contribution in [3.63, 3.8) is 0 Å². The summed E-state index contributed by atoms with van der Waals surface area (Å²) in [5, 5.41) is 21.3. The lowest BCUT2D eigenvalue weighted by atomic mass is 9.79. The van der Waals surface area contributed by atoms with Crippen LogP contribution in [0.25, 0.3) is 11.3 Å². The number of carbonyl (C=O) groups is 1. The van der Waals surface area contributed by atoms with Crippen LogP contribution in [0.1, 0.15) is 59.6 Å². The number of rotatable bonds is 8. The van der Waals surface area contributed by atoms with Crippen molar-refractivity contribution in [3.05, 3.63) is 123 Å². The first kappa shape index (κ1) is 31.5. The maximum Gasteiger partial charge on any atom is 0.159 e. The predicted molar refractivity (Wildman–Crippen MR) is 195 cm³/mol. The van der Waals surface area contributed by atoms with Crippen LogP contribution in [-0.2, 0) is 17.6 Å². The molecule has 0 bridgehead atoms. The van der Waals surface area contributed by atoms with Crippen LogP contribution >= 0.6 is 77.0 Å². The van der Waals surface area contributed by atoms with E-state index in [4.69, 9.17) is 9.97 Å². The highest BCUT2D eigenvalue weighted by Gasteiger charge is 2.39. The van der Waals surface area contributed by atoms with Gasteiger partial charge in [0.05, 0.1) is 50.7 Å². The lowest BCUT2D eigenvalue weighted by Gasteiger charge is -2.26. The summed E-state index contributed by atoms with van der Waals surface area (Å²) >= 11 is 11.3. The third-order valence-electron chi connectivity index (χ3n) is 7.82. The highest BCUT2D eigenvalue weighted by Crippen LogP contribution is 2.43. The molecule has 2 unspecified atom stereocenters. The van der Waals surface area contributed by atoms with Gasteiger partial charge in [0.25, 0.3) is 0 Å². The first-order valence-electron chi connectivity index (χ1n) is 14.0. The predicted octanol–water partition coefficient (Wildman–Crippen LogP) is 8.79. The Hall–Kier alpha value is -2.49. The summed E-state index contributed by atoms with van der Waals surface area (Å²) in [4.78, 5) is 25.5. The summed E-state index contributed by atoms with van der Waals surface area (Å²) in [5.41, 5.74) is 6.18. The molecule has 6 aromatic rings. The minimum absolute atomic E-state index is 0.0764. The molecular formula is C33H26Br2I2N4O3. The topological polar surface area (TPSA) is 92.1 Å². The Morgan fingerprint density at radius 1 is 0.750 bits per heavy atom. The van der Waals surface area contributed by atoms with E-state index in [9.17, 15) is 10.2 Å². The molecule has 0 aliphatic carbocycles. The van der Waals surface area contributed by atoms with Gasteiger partial charge >= 0.3 is 0 Å². The number of ketones is 1. The van der Waals surface area contributed by atoms with Crippen LogP contribution in [0.2, 0.25) is 0 Å². The van der Waals surface area contributed by atoms with Crippen LogP contribution in [0.5, 0.6) is 11.5 Å². The Morgan fingerprint density at radius 2 is 1.16 bits per heavy atom. The molecule has 0 aliphatic rings. The van der Waals surface area contributed by atoms with E-state index in [1.54, 1.807) is 0 Å². The van der Waals surface area contributed by atoms with E-state index >= 15 is 4.79 Å². The van der Waals surface area contributed by atoms with Gasteiger partial charge in [-0.2, -0.15) is 0 Å². The van der Waals surface area contributed by atoms with Crippen molar-refractivity contribution in [2.24, 2.45) is 0 Å². The number of halogens is 4. The highest BCUT2D eigenvalue weighted by atomic mass is 127. The zero-order chi connectivity index (χ0) is 31.3. The van der Waals surface area contributed by atoms with Crippen molar-refractivity contribution < 1.29 is 15.0 Å². The minimum atomic E-state index is -0.762. The summed E-state index contributed by atoms with van der Waals surface area (Å²) < 4.78 is 6.26. The van der Waals surface area contributed by atoms with Gasteiger partial charge in [0.15, 0.2) is 5.78 Å². The maximum absolute atomic E-state index is 15.6. The molecule has 4 aromatic heterocycles. The molecule has 7 nitrogen and oxygen atoms in total. The third kappa shape index (κ3) is 5.47. The Balaban J connectivity index is 1.71. The smallest absolute Gasteiger partial charge is 0.159 e. The monoisotopic (exact) mass is 938 g/mol. The van der Waals surface area contributed by atoms with E-state index in [1.165, 1.54) is 0 Å². The Labute approximate surface area is 298 Å². The number of hydrogen-bond acceptors (Lipinski definition) is 5. The van der Waals surface area contributed by atoms with Gasteiger partial charge in [-0.25, -0.2) is 9.97 Å². The third-order valence-corrected chi connectivity index (χ3v) is 10.7. The number of phenols is 2. The number of nitrogens with zero attached hydrogens (tertiary/aromatic N) is 4. The molecule has 6 rings (SSSR count). The van der Waals surface area contributed by atoms with E-state index in [0.717, 1.165) is 45.2 Å². The zero-order valence-corrected chi connectivity index (χ0v) is 31.1. The number of phenolic OH excluding ortho intramolecular Hbond substituents is 2. The first-order valence-corrected chi connectivity index (χ1v) is 17.7. The Morgan fingerprint density at radius 3 is 1.52 bits per heavy atom. The van der Waals surface area contributed by atoms with Crippen molar-refractivity contribution in [3.8, 4) is 11.5 Å². The van der Waals surface area contributed by atoms with Gasteiger partial charge < -0.3 is 19.0 Å². The van der Waals surface area contributed by atoms with Gasteiger partial charge in [0.2, 0.25) is 0 Å². The van der Waals surface area contributed by atoms with Crippen LogP contribution in [0, 0.1) is 7.14 Å². The van der Waals surface area contributed by atoms with Gasteiger partial charge in [-0.05, 0) is 150 Å². The number of carbonyl (C=O) groups excluding carboxylic acids is 1. The zero-order valence-electron chi connectivity index (χ0n) is 23.6. The second-order valence-corrected chi connectivity index (χ2v) is 14.4. The van der Waals surface area contributed by atoms with Crippen LogP contribution in [-0.4, -0.2) is 34.8 Å². The molecule has 11 heteroatoms. The number of aromatic hydroxyl groups is 2. The molecule has 4 heterocycles. The lowest BCUT2D eigenvalue weighted by Crippen LogP contribution is -2.26. The summed E-state index contributed by atoms with van der Waals surface area (Å²) in [6.45, 7) is 4.08. The van der Waals surface area contributed by atoms with Gasteiger partial charge in [-0.1, -0.05) is 26.0 Å². The number of benzene rings is 2. The fourth-order valence-electron chi connectivity index (χ4n) is 5.84. The fourth-order valence-corrected chi connectivity index (χ4v) is 8.84. The number of hydrogen-bond donors (Lipinski definition) is 2. The fraction of sp³-hybridized carbons (Fsp3) is 0.182. The minimum Gasteiger partial charge on any atom is -0.506 e. The largest absolute Gasteiger partial charge is 0.506 e. The highest BCUT2D eigenvalue weighted by molar-refractivity contribution is 14.1. The average Bonchev–Trinajstić information content (AvgIpc) is 3.57. The van der Waals surface area contributed by atoms with Crippen molar-refractivity contribution in [1.29, 1.82) is 0 Å². The summed E-state index contributed by atoms with van der Waals surface area (Å²) in [5.74, 6) is -1.35. The Kier molecular flexibility index (Phi) is 9.10. The van der Waals surface area contributed by atoms with Crippen LogP contribution in [0.15, 0.2) is 82.0 Å². The van der Waals surface area contributed by atoms with Crippen molar-refractivity contribution >= 4 is 94.1 Å². The van der Waals surface area contributed by atoms with E-state index in [2.05, 4.69) is 77.0 Å². The number of Topliss-reactive ketones (excluding diaryl/α,β-unsaturated/α-hetero) is 1. The van der Waals surface area contributed by atoms with Crippen LogP contribution in [0.4, 0.5) is 0 Å². The molecule has 2 N–H and O–H groups in total. The van der Waals surface area contributed by atoms with Crippen LogP contribution in [0.3, 0.4) is 0 Å². The second-order valence-electron chi connectivity index (χ2n) is 10.4. The average molecular weight is 940 g/mol. The number of pyridine rings is 2. The van der Waals surface area contributed by atoms with Gasteiger partial charge in [-0.3, -0.25) is 4.79 Å². The van der Waals surface area contributed by atoms with E-state index < -0.39 is 11.8 Å². The van der Waals surface area contributed by atoms with E-state index in [1.807, 2.05) is 95.7 Å². The molecule has 0 spiro atoms. The summed E-state index contributed by atoms with van der Waals surface area (Å²) in [6, 6.07) is 19.0. The number of imidazole rings is 2. The molecule has 0 fully saturated rings. The molecule has 44 heavy (non-hydrogen) atoms. The molecule has 0 aliphatic heterocycles. The van der Waals surface area contributed by atoms with Crippen molar-refractivity contribution in [1.82, 2.24) is 18.8 Å². The normalized spacial score (nSPS) is 13.0. The molecule has 0 radical (unpaired) electrons. The maximum atomic E-state index is 15.6. The van der Waals surface area contributed by atoms with E-state index in [-0.39, 0.29) is 17.3 Å². The van der Waals surface area contributed by atoms with E-state index in [0.29, 0.717) is 28.9 Å². The van der Waals surface area contributed by atoms with Crippen LogP contribution < -0.4 is 0 Å². The van der Waals surface area contributed by atoms with Crippen molar-refractivity contribution in [2.45, 2.75) is 38.5 Å². The first-order chi connectivity index (χ1) is 21.1. The van der Waals surface area contributed by atoms with Gasteiger partial charge in [0, 0.05) is 12.4 Å². The molecule has 2 atom stereocenters. The lowest BCUT2D eigenvalue weighted by molar-refractivity contribution is -0.120. The number of aromatic nitrogens is 4. The number of aryl methyl sites for hydroxylation is 2. The summed E-state index contributed by atoms with van der Waals surface area (Å²) in [7, 11) is 0. The van der Waals surface area contributed by atoms with Crippen molar-refractivity contribution in [2.75, 3.05) is 0 Å². The van der Waals surface area contributed by atoms with Gasteiger partial charge in [0.1, 0.15) is 22.8 Å². The standard InChI is InChI=1S/C33H26Br2I2N4O3/c1-3-23-29(40-11-7-5-9-25(40)38-23)27(17-13-19(34)31(42)21(36)15-17)33(44)28(18-14-20(35)32(43)22(37)16-18)30-24(4-2)39-26-10-6-8-12-41(26)30/h5-16,27-28,42-43H,3-4H2,1-2H3.